The number of carbonyl (C=O) groups excluding carboxylic acids is 1. The van der Waals surface area contributed by atoms with Crippen LogP contribution in [0.4, 0.5) is 4.79 Å². The number of nitrogens with zero attached hydrogens (tertiary/aromatic N) is 5. The largest absolute Gasteiger partial charge is 0.497 e. The summed E-state index contributed by atoms with van der Waals surface area (Å²) in [6, 6.07) is 16.6. The topological polar surface area (TPSA) is 82.4 Å². The van der Waals surface area contributed by atoms with Crippen molar-refractivity contribution in [1.82, 2.24) is 25.1 Å². The molecule has 0 aliphatic heterocycles. The van der Waals surface area contributed by atoms with Crippen molar-refractivity contribution in [3.05, 3.63) is 60.4 Å². The van der Waals surface area contributed by atoms with E-state index in [4.69, 9.17) is 9.47 Å². The Hall–Kier alpha value is -3.42. The number of hydrogen-bond donors (Lipinski definition) is 0. The van der Waals surface area contributed by atoms with E-state index in [-0.39, 0.29) is 0 Å². The first kappa shape index (κ1) is 20.8. The summed E-state index contributed by atoms with van der Waals surface area (Å²) < 4.78 is 12.6. The molecule has 8 heteroatoms. The monoisotopic (exact) mass is 421 g/mol. The highest BCUT2D eigenvalue weighted by Crippen LogP contribution is 2.43. The lowest BCUT2D eigenvalue weighted by Gasteiger charge is -2.44. The number of hydrogen-bond acceptors (Lipinski definition) is 6. The number of rotatable bonds is 5. The van der Waals surface area contributed by atoms with Crippen molar-refractivity contribution in [2.24, 2.45) is 5.92 Å². The Kier molecular flexibility index (Phi) is 5.88. The van der Waals surface area contributed by atoms with E-state index in [9.17, 15) is 4.79 Å². The summed E-state index contributed by atoms with van der Waals surface area (Å²) in [5.41, 5.74) is 0.144. The highest BCUT2D eigenvalue weighted by molar-refractivity contribution is 5.71. The van der Waals surface area contributed by atoms with Crippen LogP contribution in [0.25, 0.3) is 5.69 Å². The van der Waals surface area contributed by atoms with Crippen molar-refractivity contribution in [3.63, 3.8) is 0 Å². The van der Waals surface area contributed by atoms with Crippen molar-refractivity contribution < 1.29 is 14.3 Å². The summed E-state index contributed by atoms with van der Waals surface area (Å²) in [7, 11) is 3.40. The van der Waals surface area contributed by atoms with Gasteiger partial charge in [0.2, 0.25) is 0 Å². The Balaban J connectivity index is 1.70. The first-order chi connectivity index (χ1) is 15.0. The normalized spacial score (nSPS) is 20.8. The van der Waals surface area contributed by atoms with Gasteiger partial charge in [0, 0.05) is 7.05 Å². The Labute approximate surface area is 181 Å². The number of carbonyl (C=O) groups is 1. The zero-order valence-electron chi connectivity index (χ0n) is 18.1. The summed E-state index contributed by atoms with van der Waals surface area (Å²) >= 11 is 0. The molecule has 1 heterocycles. The molecule has 8 nitrogen and oxygen atoms in total. The molecule has 31 heavy (non-hydrogen) atoms. The molecule has 1 saturated carbocycles. The van der Waals surface area contributed by atoms with E-state index < -0.39 is 11.6 Å². The van der Waals surface area contributed by atoms with Crippen molar-refractivity contribution in [3.8, 4) is 17.2 Å². The van der Waals surface area contributed by atoms with Crippen molar-refractivity contribution in [2.45, 2.75) is 38.1 Å². The van der Waals surface area contributed by atoms with Crippen LogP contribution in [0.1, 0.15) is 38.4 Å². The third-order valence-corrected chi connectivity index (χ3v) is 6.17. The van der Waals surface area contributed by atoms with Gasteiger partial charge in [0.05, 0.1) is 12.8 Å². The van der Waals surface area contributed by atoms with Gasteiger partial charge >= 0.3 is 6.09 Å². The van der Waals surface area contributed by atoms with Gasteiger partial charge in [-0.25, -0.2) is 4.79 Å². The summed E-state index contributed by atoms with van der Waals surface area (Å²) in [6.45, 7) is 2.23. The Morgan fingerprint density at radius 1 is 1.06 bits per heavy atom. The molecule has 0 N–H and O–H groups in total. The van der Waals surface area contributed by atoms with Crippen LogP contribution in [0.15, 0.2) is 54.6 Å². The number of tetrazole rings is 1. The average Bonchev–Trinajstić information content (AvgIpc) is 3.30. The minimum Gasteiger partial charge on any atom is -0.497 e. The second-order valence-corrected chi connectivity index (χ2v) is 8.07. The fourth-order valence-corrected chi connectivity index (χ4v) is 4.16. The van der Waals surface area contributed by atoms with Gasteiger partial charge in [0.1, 0.15) is 17.0 Å². The third-order valence-electron chi connectivity index (χ3n) is 6.17. The SMILES string of the molecule is COc1ccc(-n2nnnc2C2(N(C)C(=O)Oc3ccccc3)CCC(C)CC2)cc1. The fourth-order valence-electron chi connectivity index (χ4n) is 4.16. The van der Waals surface area contributed by atoms with Crippen LogP contribution in [0.5, 0.6) is 11.5 Å². The van der Waals surface area contributed by atoms with Crippen LogP contribution < -0.4 is 9.47 Å². The number of amides is 1. The van der Waals surface area contributed by atoms with Gasteiger partial charge in [-0.2, -0.15) is 4.68 Å². The van der Waals surface area contributed by atoms with Crippen molar-refractivity contribution >= 4 is 6.09 Å². The second kappa shape index (κ2) is 8.75. The summed E-state index contributed by atoms with van der Waals surface area (Å²) in [5.74, 6) is 2.48. The van der Waals surface area contributed by atoms with Gasteiger partial charge in [0.25, 0.3) is 0 Å². The first-order valence-corrected chi connectivity index (χ1v) is 10.5. The molecular weight excluding hydrogens is 394 g/mol. The van der Waals surface area contributed by atoms with E-state index in [1.54, 1.807) is 35.9 Å². The summed E-state index contributed by atoms with van der Waals surface area (Å²) in [4.78, 5) is 14.8. The maximum atomic E-state index is 13.1. The number of ether oxygens (including phenoxy) is 2. The first-order valence-electron chi connectivity index (χ1n) is 10.5. The standard InChI is InChI=1S/C23H27N5O3/c1-17-13-15-23(16-14-17,27(2)22(29)31-20-7-5-4-6-8-20)21-24-25-26-28(21)18-9-11-19(30-3)12-10-18/h4-12,17H,13-16H2,1-3H3. The second-order valence-electron chi connectivity index (χ2n) is 8.07. The highest BCUT2D eigenvalue weighted by atomic mass is 16.6. The van der Waals surface area contributed by atoms with Crippen molar-refractivity contribution in [2.75, 3.05) is 14.2 Å². The molecule has 0 saturated heterocycles. The number of para-hydroxylation sites is 1. The van der Waals surface area contributed by atoms with Crippen LogP contribution in [-0.4, -0.2) is 45.4 Å². The summed E-state index contributed by atoms with van der Waals surface area (Å²) in [6.07, 6.45) is 3.03. The van der Waals surface area contributed by atoms with Crippen LogP contribution in [-0.2, 0) is 5.54 Å². The van der Waals surface area contributed by atoms with E-state index in [1.807, 2.05) is 42.5 Å². The molecule has 1 fully saturated rings. The molecule has 1 aliphatic carbocycles. The molecule has 4 rings (SSSR count). The molecule has 1 aromatic heterocycles. The minimum atomic E-state index is -0.665. The third kappa shape index (κ3) is 4.10. The fraction of sp³-hybridized carbons (Fsp3) is 0.391. The van der Waals surface area contributed by atoms with E-state index in [1.165, 1.54) is 0 Å². The number of aromatic nitrogens is 4. The molecule has 0 atom stereocenters. The van der Waals surface area contributed by atoms with Crippen LogP contribution in [0, 0.1) is 5.92 Å². The molecular formula is C23H27N5O3. The maximum Gasteiger partial charge on any atom is 0.415 e. The lowest BCUT2D eigenvalue weighted by atomic mass is 9.75. The molecule has 1 aliphatic rings. The van der Waals surface area contributed by atoms with Crippen LogP contribution in [0.2, 0.25) is 0 Å². The molecule has 0 spiro atoms. The molecule has 3 aromatic rings. The van der Waals surface area contributed by atoms with Crippen LogP contribution >= 0.6 is 0 Å². The van der Waals surface area contributed by atoms with Gasteiger partial charge in [-0.1, -0.05) is 25.1 Å². The quantitative estimate of drug-likeness (QED) is 0.614. The van der Waals surface area contributed by atoms with Crippen LogP contribution in [0.3, 0.4) is 0 Å². The highest BCUT2D eigenvalue weighted by Gasteiger charge is 2.46. The maximum absolute atomic E-state index is 13.1. The number of methoxy groups -OCH3 is 1. The molecule has 162 valence electrons. The molecule has 1 amide bonds. The van der Waals surface area contributed by atoms with E-state index in [0.717, 1.165) is 37.1 Å². The van der Waals surface area contributed by atoms with Gasteiger partial charge in [-0.15, -0.1) is 5.10 Å². The Bertz CT molecular complexity index is 1010. The Morgan fingerprint density at radius 3 is 2.39 bits per heavy atom. The van der Waals surface area contributed by atoms with Gasteiger partial charge in [0.15, 0.2) is 5.82 Å². The smallest absolute Gasteiger partial charge is 0.415 e. The molecule has 0 radical (unpaired) electrons. The van der Waals surface area contributed by atoms with Gasteiger partial charge < -0.3 is 9.47 Å². The van der Waals surface area contributed by atoms with E-state index >= 15 is 0 Å². The summed E-state index contributed by atoms with van der Waals surface area (Å²) in [5, 5.41) is 12.6. The lowest BCUT2D eigenvalue weighted by molar-refractivity contribution is 0.0514. The van der Waals surface area contributed by atoms with E-state index in [2.05, 4.69) is 22.4 Å². The molecule has 0 unspecified atom stereocenters. The molecule has 2 aromatic carbocycles. The number of benzene rings is 2. The average molecular weight is 422 g/mol. The predicted molar refractivity (Wildman–Crippen MR) is 115 cm³/mol. The van der Waals surface area contributed by atoms with Gasteiger partial charge in [-0.05, 0) is 78.4 Å². The zero-order valence-corrected chi connectivity index (χ0v) is 18.1. The lowest BCUT2D eigenvalue weighted by Crippen LogP contribution is -2.51. The van der Waals surface area contributed by atoms with Gasteiger partial charge in [-0.3, -0.25) is 4.90 Å². The predicted octanol–water partition coefficient (Wildman–Crippen LogP) is 4.21. The minimum absolute atomic E-state index is 0.426. The molecule has 0 bridgehead atoms. The zero-order chi connectivity index (χ0) is 21.8. The Morgan fingerprint density at radius 2 is 1.74 bits per heavy atom. The van der Waals surface area contributed by atoms with Crippen molar-refractivity contribution in [1.29, 1.82) is 0 Å². The van der Waals surface area contributed by atoms with E-state index in [0.29, 0.717) is 17.5 Å².